The molecule has 0 amide bonds. The number of ether oxygens (including phenoxy) is 2. The van der Waals surface area contributed by atoms with E-state index >= 15 is 0 Å². The van der Waals surface area contributed by atoms with Gasteiger partial charge in [0, 0.05) is 31.1 Å². The summed E-state index contributed by atoms with van der Waals surface area (Å²) < 4.78 is 11.2. The van der Waals surface area contributed by atoms with Gasteiger partial charge in [-0.3, -0.25) is 4.90 Å². The molecule has 2 fully saturated rings. The lowest BCUT2D eigenvalue weighted by atomic mass is 9.85. The van der Waals surface area contributed by atoms with E-state index in [4.69, 9.17) is 15.2 Å². The lowest BCUT2D eigenvalue weighted by Gasteiger charge is -2.42. The van der Waals surface area contributed by atoms with E-state index in [2.05, 4.69) is 25.7 Å². The summed E-state index contributed by atoms with van der Waals surface area (Å²) in [4.78, 5) is 2.46. The largest absolute Gasteiger partial charge is 0.379 e. The van der Waals surface area contributed by atoms with E-state index in [1.807, 2.05) is 0 Å². The zero-order valence-corrected chi connectivity index (χ0v) is 10.7. The molecule has 0 spiro atoms. The highest BCUT2D eigenvalue weighted by molar-refractivity contribution is 4.94. The van der Waals surface area contributed by atoms with E-state index in [0.717, 1.165) is 32.8 Å². The van der Waals surface area contributed by atoms with Crippen LogP contribution in [0.1, 0.15) is 20.8 Å². The van der Waals surface area contributed by atoms with Crippen LogP contribution in [0.25, 0.3) is 0 Å². The van der Waals surface area contributed by atoms with Gasteiger partial charge in [-0.25, -0.2) is 0 Å². The first-order valence-electron chi connectivity index (χ1n) is 6.11. The molecule has 0 radical (unpaired) electrons. The van der Waals surface area contributed by atoms with Crippen molar-refractivity contribution in [2.24, 2.45) is 11.1 Å². The zero-order valence-electron chi connectivity index (χ0n) is 10.7. The maximum absolute atomic E-state index is 6.12. The third kappa shape index (κ3) is 2.56. The van der Waals surface area contributed by atoms with Crippen molar-refractivity contribution in [1.29, 1.82) is 0 Å². The van der Waals surface area contributed by atoms with Gasteiger partial charge in [0.25, 0.3) is 0 Å². The van der Waals surface area contributed by atoms with Gasteiger partial charge in [-0.2, -0.15) is 0 Å². The second-order valence-electron chi connectivity index (χ2n) is 6.09. The average molecular weight is 228 g/mol. The molecule has 2 aliphatic rings. The molecule has 2 N–H and O–H groups in total. The molecule has 2 atom stereocenters. The van der Waals surface area contributed by atoms with Gasteiger partial charge >= 0.3 is 0 Å². The highest BCUT2D eigenvalue weighted by Crippen LogP contribution is 2.29. The van der Waals surface area contributed by atoms with E-state index in [-0.39, 0.29) is 17.1 Å². The first kappa shape index (κ1) is 12.3. The Kier molecular flexibility index (Phi) is 3.27. The Labute approximate surface area is 98.1 Å². The summed E-state index contributed by atoms with van der Waals surface area (Å²) in [6, 6.07) is 0.165. The number of rotatable bonds is 2. The molecule has 0 bridgehead atoms. The normalized spacial score (nSPS) is 40.1. The molecule has 0 saturated carbocycles. The molecule has 2 aliphatic heterocycles. The summed E-state index contributed by atoms with van der Waals surface area (Å²) >= 11 is 0. The van der Waals surface area contributed by atoms with Crippen LogP contribution in [-0.4, -0.2) is 56.0 Å². The Morgan fingerprint density at radius 1 is 1.38 bits per heavy atom. The van der Waals surface area contributed by atoms with Crippen LogP contribution in [-0.2, 0) is 9.47 Å². The predicted octanol–water partition coefficient (Wildman–Crippen LogP) is 0.461. The van der Waals surface area contributed by atoms with Crippen LogP contribution in [0.4, 0.5) is 0 Å². The summed E-state index contributed by atoms with van der Waals surface area (Å²) in [6.07, 6.45) is 0. The lowest BCUT2D eigenvalue weighted by molar-refractivity contribution is -0.0941. The zero-order chi connectivity index (χ0) is 11.8. The maximum atomic E-state index is 6.12. The van der Waals surface area contributed by atoms with Gasteiger partial charge in [0.05, 0.1) is 25.4 Å². The molecule has 4 nitrogen and oxygen atoms in total. The van der Waals surface area contributed by atoms with Crippen molar-refractivity contribution in [2.45, 2.75) is 32.4 Å². The Bertz CT molecular complexity index is 257. The molecule has 2 heterocycles. The third-order valence-corrected chi connectivity index (χ3v) is 3.71. The fraction of sp³-hybridized carbons (Fsp3) is 1.00. The van der Waals surface area contributed by atoms with Crippen molar-refractivity contribution in [3.63, 3.8) is 0 Å². The number of hydrogen-bond donors (Lipinski definition) is 1. The smallest absolute Gasteiger partial charge is 0.0753 e. The molecule has 16 heavy (non-hydrogen) atoms. The number of morpholine rings is 1. The third-order valence-electron chi connectivity index (χ3n) is 3.71. The van der Waals surface area contributed by atoms with Crippen molar-refractivity contribution in [3.8, 4) is 0 Å². The van der Waals surface area contributed by atoms with Crippen LogP contribution in [0.15, 0.2) is 0 Å². The van der Waals surface area contributed by atoms with E-state index in [1.54, 1.807) is 0 Å². The Morgan fingerprint density at radius 2 is 2.12 bits per heavy atom. The second-order valence-corrected chi connectivity index (χ2v) is 6.09. The van der Waals surface area contributed by atoms with Crippen LogP contribution < -0.4 is 5.73 Å². The summed E-state index contributed by atoms with van der Waals surface area (Å²) in [5.74, 6) is 0. The Balaban J connectivity index is 1.94. The van der Waals surface area contributed by atoms with Gasteiger partial charge < -0.3 is 15.2 Å². The predicted molar refractivity (Wildman–Crippen MR) is 63.4 cm³/mol. The van der Waals surface area contributed by atoms with Gasteiger partial charge in [-0.15, -0.1) is 0 Å². The summed E-state index contributed by atoms with van der Waals surface area (Å²) in [5.41, 5.74) is 6.19. The molecule has 0 aromatic carbocycles. The minimum Gasteiger partial charge on any atom is -0.379 e. The van der Waals surface area contributed by atoms with Crippen molar-refractivity contribution in [3.05, 3.63) is 0 Å². The second kappa shape index (κ2) is 4.26. The van der Waals surface area contributed by atoms with Crippen LogP contribution in [0.3, 0.4) is 0 Å². The fourth-order valence-corrected chi connectivity index (χ4v) is 2.65. The van der Waals surface area contributed by atoms with Crippen LogP contribution >= 0.6 is 0 Å². The molecule has 0 aromatic heterocycles. The molecule has 4 heteroatoms. The lowest BCUT2D eigenvalue weighted by Crippen LogP contribution is -2.54. The molecule has 2 saturated heterocycles. The van der Waals surface area contributed by atoms with Crippen LogP contribution in [0.2, 0.25) is 0 Å². The van der Waals surface area contributed by atoms with E-state index in [9.17, 15) is 0 Å². The Morgan fingerprint density at radius 3 is 2.69 bits per heavy atom. The highest BCUT2D eigenvalue weighted by Gasteiger charge is 2.40. The summed E-state index contributed by atoms with van der Waals surface area (Å²) in [6.45, 7) is 11.8. The quantitative estimate of drug-likeness (QED) is 0.746. The van der Waals surface area contributed by atoms with Gasteiger partial charge in [-0.05, 0) is 13.8 Å². The fourth-order valence-electron chi connectivity index (χ4n) is 2.65. The molecular weight excluding hydrogens is 204 g/mol. The number of nitrogens with zero attached hydrogens (tertiary/aromatic N) is 1. The van der Waals surface area contributed by atoms with Crippen molar-refractivity contribution in [2.75, 3.05) is 39.5 Å². The van der Waals surface area contributed by atoms with Crippen molar-refractivity contribution < 1.29 is 9.47 Å². The molecule has 0 aromatic rings. The standard InChI is InChI=1S/C12H24N2O2/c1-11(2)7-14(4-5-16-11)8-12(3)9-15-6-10(12)13/h10H,4-9,13H2,1-3H3. The Hall–Kier alpha value is -0.160. The van der Waals surface area contributed by atoms with E-state index < -0.39 is 0 Å². The molecule has 94 valence electrons. The minimum absolute atomic E-state index is 0.0296. The summed E-state index contributed by atoms with van der Waals surface area (Å²) in [7, 11) is 0. The van der Waals surface area contributed by atoms with Crippen molar-refractivity contribution >= 4 is 0 Å². The summed E-state index contributed by atoms with van der Waals surface area (Å²) in [5, 5.41) is 0. The first-order valence-corrected chi connectivity index (χ1v) is 6.11. The van der Waals surface area contributed by atoms with Gasteiger partial charge in [0.15, 0.2) is 0 Å². The topological polar surface area (TPSA) is 47.7 Å². The monoisotopic (exact) mass is 228 g/mol. The van der Waals surface area contributed by atoms with Crippen LogP contribution in [0.5, 0.6) is 0 Å². The first-order chi connectivity index (χ1) is 7.41. The van der Waals surface area contributed by atoms with E-state index in [0.29, 0.717) is 6.61 Å². The molecule has 2 rings (SSSR count). The van der Waals surface area contributed by atoms with Gasteiger partial charge in [-0.1, -0.05) is 6.92 Å². The van der Waals surface area contributed by atoms with Gasteiger partial charge in [0.1, 0.15) is 0 Å². The number of nitrogens with two attached hydrogens (primary N) is 1. The highest BCUT2D eigenvalue weighted by atomic mass is 16.5. The number of hydrogen-bond acceptors (Lipinski definition) is 4. The molecule has 0 aliphatic carbocycles. The minimum atomic E-state index is -0.0296. The van der Waals surface area contributed by atoms with Crippen LogP contribution in [0, 0.1) is 5.41 Å². The SMILES string of the molecule is CC1(C)CN(CC2(C)COCC2N)CCO1. The molecular formula is C12H24N2O2. The van der Waals surface area contributed by atoms with Gasteiger partial charge in [0.2, 0.25) is 0 Å². The maximum Gasteiger partial charge on any atom is 0.0753 e. The molecule has 2 unspecified atom stereocenters. The average Bonchev–Trinajstić information content (AvgIpc) is 2.45. The van der Waals surface area contributed by atoms with Crippen molar-refractivity contribution in [1.82, 2.24) is 4.90 Å². The van der Waals surface area contributed by atoms with E-state index in [1.165, 1.54) is 0 Å².